The highest BCUT2D eigenvalue weighted by molar-refractivity contribution is 5.99. The first kappa shape index (κ1) is 28.0. The molecule has 8 nitrogen and oxygen atoms in total. The number of anilines is 1. The normalized spacial score (nSPS) is 26.6. The molecule has 4 unspecified atom stereocenters. The number of halogens is 3. The molecule has 2 aromatic carbocycles. The van der Waals surface area contributed by atoms with E-state index in [1.165, 1.54) is 6.07 Å². The molecule has 4 atom stereocenters. The molecule has 2 aromatic heterocycles. The van der Waals surface area contributed by atoms with Crippen molar-refractivity contribution in [2.24, 2.45) is 0 Å². The molecule has 11 heteroatoms. The molecule has 44 heavy (non-hydrogen) atoms. The van der Waals surface area contributed by atoms with E-state index in [0.29, 0.717) is 47.9 Å². The Morgan fingerprint density at radius 3 is 2.66 bits per heavy atom. The summed E-state index contributed by atoms with van der Waals surface area (Å²) in [5.74, 6) is -2.17. The smallest absolute Gasteiger partial charge is 0.319 e. The van der Waals surface area contributed by atoms with Gasteiger partial charge in [-0.1, -0.05) is 24.3 Å². The SMILES string of the molecule is COCC1CCC2(COc3nc(N4CC5CCC(C4)N5)c4cnc(-c5cccc6ccc(F)c(F)c56)c(F)c4n3)CCCN12. The highest BCUT2D eigenvalue weighted by Gasteiger charge is 2.49. The third-order valence-electron chi connectivity index (χ3n) is 10.2. The van der Waals surface area contributed by atoms with Gasteiger partial charge in [0.25, 0.3) is 0 Å². The van der Waals surface area contributed by atoms with Crippen molar-refractivity contribution in [3.63, 3.8) is 0 Å². The van der Waals surface area contributed by atoms with E-state index in [9.17, 15) is 4.39 Å². The minimum Gasteiger partial charge on any atom is -0.461 e. The molecule has 4 aliphatic rings. The summed E-state index contributed by atoms with van der Waals surface area (Å²) >= 11 is 0. The van der Waals surface area contributed by atoms with Crippen molar-refractivity contribution >= 4 is 27.5 Å². The van der Waals surface area contributed by atoms with Crippen molar-refractivity contribution in [3.05, 3.63) is 54.0 Å². The number of ether oxygens (including phenoxy) is 2. The van der Waals surface area contributed by atoms with E-state index in [2.05, 4.69) is 25.1 Å². The molecule has 2 bridgehead atoms. The molecule has 0 saturated carbocycles. The Bertz CT molecular complexity index is 1740. The molecule has 8 rings (SSSR count). The molecule has 230 valence electrons. The maximum absolute atomic E-state index is 16.6. The van der Waals surface area contributed by atoms with Crippen LogP contribution in [-0.2, 0) is 4.74 Å². The van der Waals surface area contributed by atoms with Crippen LogP contribution in [0.1, 0.15) is 38.5 Å². The standard InChI is InChI=1S/C33H35F3N6O2/c1-43-17-22-10-12-33(11-3-13-42(22)33)18-44-32-39-30-24(31(40-32)41-15-20-7-8-21(16-41)38-20)14-37-29(28(30)36)23-5-2-4-19-6-9-25(34)27(35)26(19)23/h2,4-6,9,14,20-22,38H,3,7-8,10-13,15-18H2,1H3. The zero-order chi connectivity index (χ0) is 30.0. The minimum absolute atomic E-state index is 0.0186. The number of hydrogen-bond donors (Lipinski definition) is 1. The highest BCUT2D eigenvalue weighted by Crippen LogP contribution is 2.43. The van der Waals surface area contributed by atoms with Crippen LogP contribution < -0.4 is 15.0 Å². The van der Waals surface area contributed by atoms with Crippen molar-refractivity contribution in [3.8, 4) is 17.3 Å². The van der Waals surface area contributed by atoms with E-state index < -0.39 is 17.5 Å². The lowest BCUT2D eigenvalue weighted by atomic mass is 9.95. The second-order valence-corrected chi connectivity index (χ2v) is 12.8. The molecule has 4 fully saturated rings. The first-order valence-corrected chi connectivity index (χ1v) is 15.6. The predicted molar refractivity (Wildman–Crippen MR) is 161 cm³/mol. The number of hydrogen-bond acceptors (Lipinski definition) is 8. The molecule has 0 radical (unpaired) electrons. The first-order chi connectivity index (χ1) is 21.4. The number of aromatic nitrogens is 3. The van der Waals surface area contributed by atoms with Crippen LogP contribution in [-0.4, -0.2) is 83.5 Å². The lowest BCUT2D eigenvalue weighted by Gasteiger charge is -2.35. The van der Waals surface area contributed by atoms with Crippen molar-refractivity contribution < 1.29 is 22.6 Å². The summed E-state index contributed by atoms with van der Waals surface area (Å²) in [6, 6.07) is 8.58. The quantitative estimate of drug-likeness (QED) is 0.308. The Kier molecular flexibility index (Phi) is 6.88. The van der Waals surface area contributed by atoms with Gasteiger partial charge in [-0.15, -0.1) is 0 Å². The Labute approximate surface area is 253 Å². The van der Waals surface area contributed by atoms with Crippen LogP contribution in [0.15, 0.2) is 36.5 Å². The van der Waals surface area contributed by atoms with Crippen LogP contribution in [0.3, 0.4) is 0 Å². The van der Waals surface area contributed by atoms with Crippen molar-refractivity contribution in [1.82, 2.24) is 25.2 Å². The van der Waals surface area contributed by atoms with Gasteiger partial charge in [0, 0.05) is 55.5 Å². The molecule has 0 aliphatic carbocycles. The fourth-order valence-corrected chi connectivity index (χ4v) is 8.17. The van der Waals surface area contributed by atoms with Crippen LogP contribution in [0.25, 0.3) is 32.9 Å². The molecular formula is C33H35F3N6O2. The fraction of sp³-hybridized carbons (Fsp3) is 0.485. The summed E-state index contributed by atoms with van der Waals surface area (Å²) in [6.07, 6.45) is 7.84. The molecular weight excluding hydrogens is 569 g/mol. The average Bonchev–Trinajstić information content (AvgIpc) is 3.71. The maximum atomic E-state index is 16.6. The Balaban J connectivity index is 1.22. The van der Waals surface area contributed by atoms with Gasteiger partial charge in [0.05, 0.1) is 17.5 Å². The zero-order valence-electron chi connectivity index (χ0n) is 24.7. The van der Waals surface area contributed by atoms with E-state index in [1.54, 1.807) is 31.5 Å². The van der Waals surface area contributed by atoms with E-state index in [1.807, 2.05) is 0 Å². The zero-order valence-corrected chi connectivity index (χ0v) is 24.7. The number of pyridine rings is 1. The fourth-order valence-electron chi connectivity index (χ4n) is 8.17. The average molecular weight is 605 g/mol. The third-order valence-corrected chi connectivity index (χ3v) is 10.2. The van der Waals surface area contributed by atoms with Crippen molar-refractivity contribution in [2.75, 3.05) is 44.9 Å². The third kappa shape index (κ3) is 4.50. The van der Waals surface area contributed by atoms with Gasteiger partial charge in [-0.25, -0.2) is 13.2 Å². The summed E-state index contributed by atoms with van der Waals surface area (Å²) in [5, 5.41) is 4.54. The van der Waals surface area contributed by atoms with Crippen LogP contribution in [0, 0.1) is 17.5 Å². The van der Waals surface area contributed by atoms with Crippen LogP contribution in [0.4, 0.5) is 19.0 Å². The number of rotatable bonds is 7. The number of methoxy groups -OCH3 is 1. The summed E-state index contributed by atoms with van der Waals surface area (Å²) in [5.41, 5.74) is 0.00127. The maximum Gasteiger partial charge on any atom is 0.319 e. The topological polar surface area (TPSA) is 75.6 Å². The molecule has 4 aromatic rings. The molecule has 6 heterocycles. The summed E-state index contributed by atoms with van der Waals surface area (Å²) in [4.78, 5) is 18.6. The highest BCUT2D eigenvalue weighted by atomic mass is 19.2. The predicted octanol–water partition coefficient (Wildman–Crippen LogP) is 5.23. The van der Waals surface area contributed by atoms with Crippen molar-refractivity contribution in [2.45, 2.75) is 62.2 Å². The van der Waals surface area contributed by atoms with E-state index in [0.717, 1.165) is 64.2 Å². The van der Waals surface area contributed by atoms with Crippen LogP contribution >= 0.6 is 0 Å². The Morgan fingerprint density at radius 1 is 1.00 bits per heavy atom. The Morgan fingerprint density at radius 2 is 1.84 bits per heavy atom. The van der Waals surface area contributed by atoms with Gasteiger partial charge in [0.2, 0.25) is 0 Å². The van der Waals surface area contributed by atoms with Gasteiger partial charge < -0.3 is 19.7 Å². The molecule has 4 saturated heterocycles. The molecule has 0 spiro atoms. The number of piperazine rings is 1. The summed E-state index contributed by atoms with van der Waals surface area (Å²) < 4.78 is 57.9. The molecule has 4 aliphatic heterocycles. The van der Waals surface area contributed by atoms with Crippen molar-refractivity contribution in [1.29, 1.82) is 0 Å². The number of benzene rings is 2. The van der Waals surface area contributed by atoms with E-state index >= 15 is 8.78 Å². The lowest BCUT2D eigenvalue weighted by Crippen LogP contribution is -2.51. The van der Waals surface area contributed by atoms with Gasteiger partial charge in [0.15, 0.2) is 17.5 Å². The number of nitrogens with zero attached hydrogens (tertiary/aromatic N) is 5. The van der Waals surface area contributed by atoms with E-state index in [-0.39, 0.29) is 33.7 Å². The number of nitrogens with one attached hydrogen (secondary N) is 1. The summed E-state index contributed by atoms with van der Waals surface area (Å²) in [6.45, 7) is 3.55. The molecule has 0 amide bonds. The minimum atomic E-state index is -1.04. The largest absolute Gasteiger partial charge is 0.461 e. The summed E-state index contributed by atoms with van der Waals surface area (Å²) in [7, 11) is 1.74. The van der Waals surface area contributed by atoms with Gasteiger partial charge in [-0.05, 0) is 56.5 Å². The second kappa shape index (κ2) is 10.8. The van der Waals surface area contributed by atoms with Gasteiger partial charge in [0.1, 0.15) is 23.6 Å². The second-order valence-electron chi connectivity index (χ2n) is 12.8. The molecule has 1 N–H and O–H groups in total. The monoisotopic (exact) mass is 604 g/mol. The van der Waals surface area contributed by atoms with E-state index in [4.69, 9.17) is 14.5 Å². The first-order valence-electron chi connectivity index (χ1n) is 15.6. The Hall–Kier alpha value is -3.54. The lowest BCUT2D eigenvalue weighted by molar-refractivity contribution is 0.0521. The number of fused-ring (bicyclic) bond motifs is 5. The van der Waals surface area contributed by atoms with Gasteiger partial charge in [-0.2, -0.15) is 9.97 Å². The van der Waals surface area contributed by atoms with Crippen LogP contribution in [0.5, 0.6) is 6.01 Å². The van der Waals surface area contributed by atoms with Gasteiger partial charge >= 0.3 is 6.01 Å². The van der Waals surface area contributed by atoms with Gasteiger partial charge in [-0.3, -0.25) is 9.88 Å². The van der Waals surface area contributed by atoms with Crippen LogP contribution in [0.2, 0.25) is 0 Å².